The zero-order valence-corrected chi connectivity index (χ0v) is 19.5. The van der Waals surface area contributed by atoms with Crippen molar-refractivity contribution in [3.05, 3.63) is 63.2 Å². The first-order valence-electron chi connectivity index (χ1n) is 9.39. The minimum atomic E-state index is -4.92. The van der Waals surface area contributed by atoms with Crippen LogP contribution in [0.15, 0.2) is 52.7 Å². The maximum atomic E-state index is 10.7. The molecule has 2 aromatic carbocycles. The summed E-state index contributed by atoms with van der Waals surface area (Å²) in [5.74, 6) is 0. The van der Waals surface area contributed by atoms with E-state index in [9.17, 15) is 10.1 Å². The number of halogens is 1. The average Bonchev–Trinajstić information content (AvgIpc) is 2.65. The molecule has 0 unspecified atom stereocenters. The van der Waals surface area contributed by atoms with E-state index in [-0.39, 0.29) is 10.7 Å². The summed E-state index contributed by atoms with van der Waals surface area (Å²) >= 11 is 6.01. The second-order valence-corrected chi connectivity index (χ2v) is 8.96. The SMILES string of the molecule is C[N+](C)(C)CCNCCc1ccc(N=Nc2ccc([N+](=O)[O-])cc2Cl)cc1.O=S(=O)([O-])O. The minimum absolute atomic E-state index is 0.0710. The highest BCUT2D eigenvalue weighted by molar-refractivity contribution is 7.79. The van der Waals surface area contributed by atoms with E-state index < -0.39 is 15.3 Å². The molecule has 0 aliphatic rings. The maximum Gasteiger partial charge on any atom is 0.271 e. The number of nitro groups is 1. The molecule has 0 spiro atoms. The molecule has 0 atom stereocenters. The van der Waals surface area contributed by atoms with E-state index in [1.54, 1.807) is 0 Å². The summed E-state index contributed by atoms with van der Waals surface area (Å²) in [5, 5.41) is 22.6. The summed E-state index contributed by atoms with van der Waals surface area (Å²) in [6, 6.07) is 11.9. The molecule has 32 heavy (non-hydrogen) atoms. The molecular weight excluding hydrogens is 462 g/mol. The zero-order valence-electron chi connectivity index (χ0n) is 17.9. The van der Waals surface area contributed by atoms with Gasteiger partial charge in [-0.25, -0.2) is 8.42 Å². The number of nitrogens with one attached hydrogen (secondary N) is 1. The molecule has 0 radical (unpaired) electrons. The van der Waals surface area contributed by atoms with Gasteiger partial charge in [0.25, 0.3) is 5.69 Å². The molecule has 2 aromatic rings. The van der Waals surface area contributed by atoms with Crippen molar-refractivity contribution in [2.24, 2.45) is 10.2 Å². The van der Waals surface area contributed by atoms with E-state index in [2.05, 4.69) is 36.7 Å². The van der Waals surface area contributed by atoms with Crippen LogP contribution in [0.4, 0.5) is 17.1 Å². The van der Waals surface area contributed by atoms with E-state index in [1.807, 2.05) is 24.3 Å². The Labute approximate surface area is 192 Å². The van der Waals surface area contributed by atoms with Crippen molar-refractivity contribution in [1.29, 1.82) is 0 Å². The fraction of sp³-hybridized carbons (Fsp3) is 0.368. The van der Waals surface area contributed by atoms with Gasteiger partial charge >= 0.3 is 0 Å². The number of quaternary nitrogens is 1. The lowest BCUT2D eigenvalue weighted by Crippen LogP contribution is -2.40. The second kappa shape index (κ2) is 12.5. The van der Waals surface area contributed by atoms with Gasteiger partial charge in [0.15, 0.2) is 0 Å². The molecule has 2 rings (SSSR count). The fourth-order valence-corrected chi connectivity index (χ4v) is 2.52. The van der Waals surface area contributed by atoms with Crippen molar-refractivity contribution in [2.75, 3.05) is 40.8 Å². The van der Waals surface area contributed by atoms with E-state index in [0.717, 1.165) is 30.5 Å². The first kappa shape index (κ1) is 27.6. The van der Waals surface area contributed by atoms with Gasteiger partial charge in [-0.3, -0.25) is 14.7 Å². The highest BCUT2D eigenvalue weighted by Crippen LogP contribution is 2.30. The lowest BCUT2D eigenvalue weighted by Gasteiger charge is -2.23. The van der Waals surface area contributed by atoms with Crippen LogP contribution in [0.25, 0.3) is 0 Å². The summed E-state index contributed by atoms with van der Waals surface area (Å²) in [4.78, 5) is 10.2. The number of azo groups is 1. The number of likely N-dealkylation sites (N-methyl/N-ethyl adjacent to an activating group) is 1. The molecule has 0 aromatic heterocycles. The van der Waals surface area contributed by atoms with Crippen molar-refractivity contribution in [3.63, 3.8) is 0 Å². The third-order valence-electron chi connectivity index (χ3n) is 3.90. The smallest absolute Gasteiger partial charge is 0.271 e. The van der Waals surface area contributed by atoms with Crippen LogP contribution in [-0.4, -0.2) is 67.7 Å². The molecule has 13 heteroatoms. The van der Waals surface area contributed by atoms with Crippen LogP contribution in [0.5, 0.6) is 0 Å². The van der Waals surface area contributed by atoms with Crippen molar-refractivity contribution in [1.82, 2.24) is 5.32 Å². The number of nitro benzene ring substituents is 1. The Kier molecular flexibility index (Phi) is 10.8. The van der Waals surface area contributed by atoms with E-state index in [0.29, 0.717) is 11.4 Å². The Hall–Kier alpha value is -2.48. The van der Waals surface area contributed by atoms with Crippen LogP contribution in [0.3, 0.4) is 0 Å². The van der Waals surface area contributed by atoms with Crippen LogP contribution in [0.2, 0.25) is 5.02 Å². The Morgan fingerprint density at radius 1 is 1.09 bits per heavy atom. The first-order valence-corrected chi connectivity index (χ1v) is 11.1. The number of non-ortho nitro benzene ring substituents is 1. The molecule has 0 saturated heterocycles. The van der Waals surface area contributed by atoms with Crippen LogP contribution in [0.1, 0.15) is 5.56 Å². The zero-order chi connectivity index (χ0) is 24.4. The van der Waals surface area contributed by atoms with Gasteiger partial charge in [0.2, 0.25) is 10.4 Å². The molecule has 0 fully saturated rings. The van der Waals surface area contributed by atoms with E-state index in [4.69, 9.17) is 29.1 Å². The van der Waals surface area contributed by atoms with Crippen molar-refractivity contribution in [2.45, 2.75) is 6.42 Å². The first-order chi connectivity index (χ1) is 14.7. The van der Waals surface area contributed by atoms with Gasteiger partial charge in [0.05, 0.1) is 43.3 Å². The predicted molar refractivity (Wildman–Crippen MR) is 121 cm³/mol. The van der Waals surface area contributed by atoms with Crippen LogP contribution >= 0.6 is 11.6 Å². The second-order valence-electron chi connectivity index (χ2n) is 7.70. The lowest BCUT2D eigenvalue weighted by molar-refractivity contribution is -0.869. The normalized spacial score (nSPS) is 11.8. The fourth-order valence-electron chi connectivity index (χ4n) is 2.30. The standard InChI is InChI=1S/C19H25ClN5O2.H2O4S/c1-25(2,3)13-12-21-11-10-15-4-6-16(7-5-15)22-23-19-9-8-17(24(26)27)14-18(19)20;1-5(2,3)4/h4-9,14,21H,10-13H2,1-3H3;(H2,1,2,3,4)/q+1;/p-1. The van der Waals surface area contributed by atoms with Crippen molar-refractivity contribution in [3.8, 4) is 0 Å². The monoisotopic (exact) mass is 487 g/mol. The van der Waals surface area contributed by atoms with Crippen LogP contribution < -0.4 is 5.32 Å². The Morgan fingerprint density at radius 2 is 1.69 bits per heavy atom. The molecule has 11 nitrogen and oxygen atoms in total. The Morgan fingerprint density at radius 3 is 2.19 bits per heavy atom. The molecule has 2 N–H and O–H groups in total. The molecule has 0 heterocycles. The lowest BCUT2D eigenvalue weighted by atomic mass is 10.1. The summed E-state index contributed by atoms with van der Waals surface area (Å²) in [7, 11) is 1.62. The largest absolute Gasteiger partial charge is 0.726 e. The molecule has 176 valence electrons. The highest BCUT2D eigenvalue weighted by atomic mass is 35.5. The third kappa shape index (κ3) is 13.0. The van der Waals surface area contributed by atoms with Crippen LogP contribution in [-0.2, 0) is 16.8 Å². The summed E-state index contributed by atoms with van der Waals surface area (Å²) in [6.45, 7) is 3.01. The van der Waals surface area contributed by atoms with E-state index in [1.165, 1.54) is 23.8 Å². The van der Waals surface area contributed by atoms with Gasteiger partial charge in [-0.05, 0) is 36.7 Å². The van der Waals surface area contributed by atoms with Gasteiger partial charge in [-0.2, -0.15) is 5.11 Å². The predicted octanol–water partition coefficient (Wildman–Crippen LogP) is 3.51. The van der Waals surface area contributed by atoms with E-state index >= 15 is 0 Å². The molecule has 0 bridgehead atoms. The van der Waals surface area contributed by atoms with Crippen molar-refractivity contribution < 1.29 is 26.9 Å². The molecule has 0 aliphatic carbocycles. The highest BCUT2D eigenvalue weighted by Gasteiger charge is 2.09. The number of benzene rings is 2. The third-order valence-corrected chi connectivity index (χ3v) is 4.20. The van der Waals surface area contributed by atoms with Gasteiger partial charge in [0.1, 0.15) is 5.69 Å². The number of nitrogens with zero attached hydrogens (tertiary/aromatic N) is 4. The summed E-state index contributed by atoms with van der Waals surface area (Å²) < 4.78 is 33.8. The molecule has 0 aliphatic heterocycles. The average molecular weight is 488 g/mol. The van der Waals surface area contributed by atoms with Crippen molar-refractivity contribution >= 4 is 39.1 Å². The molecule has 0 amide bonds. The molecule has 0 saturated carbocycles. The van der Waals surface area contributed by atoms with Gasteiger partial charge in [0, 0.05) is 18.7 Å². The molecular formula is C19H26ClN5O6S. The maximum absolute atomic E-state index is 10.7. The topological polar surface area (TPSA) is 157 Å². The Bertz CT molecular complexity index is 1020. The van der Waals surface area contributed by atoms with Gasteiger partial charge < -0.3 is 14.4 Å². The number of rotatable bonds is 9. The van der Waals surface area contributed by atoms with Gasteiger partial charge in [-0.1, -0.05) is 23.7 Å². The number of hydrogen-bond acceptors (Lipinski definition) is 8. The minimum Gasteiger partial charge on any atom is -0.726 e. The Balaban J connectivity index is 0.000000920. The summed E-state index contributed by atoms with van der Waals surface area (Å²) in [5.41, 5.74) is 2.25. The van der Waals surface area contributed by atoms with Crippen LogP contribution in [0, 0.1) is 10.1 Å². The number of hydrogen-bond donors (Lipinski definition) is 2. The quantitative estimate of drug-likeness (QED) is 0.104. The van der Waals surface area contributed by atoms with Gasteiger partial charge in [-0.15, -0.1) is 5.11 Å². The summed E-state index contributed by atoms with van der Waals surface area (Å²) in [6.07, 6.45) is 0.947.